The number of halogens is 1. The van der Waals surface area contributed by atoms with Crippen LogP contribution < -0.4 is 9.47 Å². The van der Waals surface area contributed by atoms with Crippen LogP contribution in [0.15, 0.2) is 48.5 Å². The molecule has 0 aliphatic heterocycles. The molecule has 0 aliphatic rings. The molecular weight excluding hydrogens is 344 g/mol. The number of Topliss-reactive ketones (excluding diaryl/α,β-unsaturated/α-hetero) is 1. The zero-order chi connectivity index (χ0) is 18.2. The molecule has 0 N–H and O–H groups in total. The first-order valence-corrected chi connectivity index (χ1v) is 7.77. The van der Waals surface area contributed by atoms with Gasteiger partial charge in [-0.05, 0) is 36.4 Å². The topological polar surface area (TPSA) is 61.8 Å². The average Bonchev–Trinajstić information content (AvgIpc) is 2.64. The Hall–Kier alpha value is -2.79. The second-order valence-electron chi connectivity index (χ2n) is 4.95. The SMILES string of the molecule is COc1ccc(OC)c(/C=C/C(=O)OCC(=O)c2ccccc2Cl)c1. The van der Waals surface area contributed by atoms with Gasteiger partial charge < -0.3 is 14.2 Å². The maximum absolute atomic E-state index is 12.0. The molecule has 6 heteroatoms. The Labute approximate surface area is 150 Å². The molecule has 0 bridgehead atoms. The quantitative estimate of drug-likeness (QED) is 0.427. The first-order chi connectivity index (χ1) is 12.0. The Bertz CT molecular complexity index is 798. The second-order valence-corrected chi connectivity index (χ2v) is 5.36. The average molecular weight is 361 g/mol. The van der Waals surface area contributed by atoms with Gasteiger partial charge in [0.15, 0.2) is 6.61 Å². The van der Waals surface area contributed by atoms with Crippen LogP contribution in [0.1, 0.15) is 15.9 Å². The Morgan fingerprint density at radius 2 is 1.84 bits per heavy atom. The van der Waals surface area contributed by atoms with Gasteiger partial charge in [-0.15, -0.1) is 0 Å². The van der Waals surface area contributed by atoms with Gasteiger partial charge in [0.25, 0.3) is 0 Å². The van der Waals surface area contributed by atoms with Gasteiger partial charge in [0.05, 0.1) is 19.2 Å². The van der Waals surface area contributed by atoms with Crippen molar-refractivity contribution in [3.8, 4) is 11.5 Å². The number of carbonyl (C=O) groups excluding carboxylic acids is 2. The molecule has 0 fully saturated rings. The number of methoxy groups -OCH3 is 2. The zero-order valence-electron chi connectivity index (χ0n) is 13.8. The highest BCUT2D eigenvalue weighted by Gasteiger charge is 2.11. The summed E-state index contributed by atoms with van der Waals surface area (Å²) in [7, 11) is 3.07. The lowest BCUT2D eigenvalue weighted by Gasteiger charge is -2.07. The fourth-order valence-electron chi connectivity index (χ4n) is 2.08. The minimum atomic E-state index is -0.648. The lowest BCUT2D eigenvalue weighted by Crippen LogP contribution is -2.12. The summed E-state index contributed by atoms with van der Waals surface area (Å²) in [6.45, 7) is -0.387. The van der Waals surface area contributed by atoms with E-state index in [2.05, 4.69) is 0 Å². The van der Waals surface area contributed by atoms with Crippen LogP contribution in [0.3, 0.4) is 0 Å². The Morgan fingerprint density at radius 1 is 1.08 bits per heavy atom. The van der Waals surface area contributed by atoms with Gasteiger partial charge in [0.2, 0.25) is 5.78 Å². The number of hydrogen-bond donors (Lipinski definition) is 0. The molecule has 0 aliphatic carbocycles. The van der Waals surface area contributed by atoms with Crippen molar-refractivity contribution < 1.29 is 23.8 Å². The molecule has 2 aromatic carbocycles. The molecule has 0 unspecified atom stereocenters. The highest BCUT2D eigenvalue weighted by Crippen LogP contribution is 2.25. The summed E-state index contributed by atoms with van der Waals surface area (Å²) < 4.78 is 15.3. The molecule has 0 aromatic heterocycles. The highest BCUT2D eigenvalue weighted by atomic mass is 35.5. The van der Waals surface area contributed by atoms with E-state index in [9.17, 15) is 9.59 Å². The standard InChI is InChI=1S/C19H17ClO5/c1-23-14-8-9-18(24-2)13(11-14)7-10-19(22)25-12-17(21)15-5-3-4-6-16(15)20/h3-11H,12H2,1-2H3/b10-7+. The molecule has 2 aromatic rings. The smallest absolute Gasteiger partial charge is 0.331 e. The molecule has 0 radical (unpaired) electrons. The van der Waals surface area contributed by atoms with Gasteiger partial charge >= 0.3 is 5.97 Å². The van der Waals surface area contributed by atoms with Gasteiger partial charge in [-0.25, -0.2) is 4.79 Å². The van der Waals surface area contributed by atoms with E-state index in [1.54, 1.807) is 49.6 Å². The van der Waals surface area contributed by atoms with Crippen molar-refractivity contribution in [2.24, 2.45) is 0 Å². The Morgan fingerprint density at radius 3 is 2.52 bits per heavy atom. The maximum atomic E-state index is 12.0. The molecule has 25 heavy (non-hydrogen) atoms. The van der Waals surface area contributed by atoms with Gasteiger partial charge in [0, 0.05) is 17.2 Å². The number of rotatable bonds is 7. The van der Waals surface area contributed by atoms with Crippen LogP contribution in [0.2, 0.25) is 5.02 Å². The van der Waals surface area contributed by atoms with Gasteiger partial charge in [-0.2, -0.15) is 0 Å². The molecule has 0 saturated carbocycles. The number of hydrogen-bond acceptors (Lipinski definition) is 5. The molecule has 0 atom stereocenters. The summed E-state index contributed by atoms with van der Waals surface area (Å²) in [5.41, 5.74) is 0.964. The maximum Gasteiger partial charge on any atom is 0.331 e. The third-order valence-electron chi connectivity index (χ3n) is 3.36. The van der Waals surface area contributed by atoms with Gasteiger partial charge in [-0.1, -0.05) is 23.7 Å². The van der Waals surface area contributed by atoms with E-state index < -0.39 is 5.97 Å². The number of carbonyl (C=O) groups is 2. The van der Waals surface area contributed by atoms with E-state index in [4.69, 9.17) is 25.8 Å². The third kappa shape index (κ3) is 5.09. The number of ketones is 1. The summed E-state index contributed by atoms with van der Waals surface area (Å²) in [6.07, 6.45) is 2.75. The van der Waals surface area contributed by atoms with E-state index in [1.807, 2.05) is 0 Å². The van der Waals surface area contributed by atoms with Crippen LogP contribution in [-0.2, 0) is 9.53 Å². The Balaban J connectivity index is 1.99. The first-order valence-electron chi connectivity index (χ1n) is 7.39. The van der Waals surface area contributed by atoms with Crippen molar-refractivity contribution in [1.82, 2.24) is 0 Å². The number of benzene rings is 2. The monoisotopic (exact) mass is 360 g/mol. The molecule has 0 saturated heterocycles. The molecule has 2 rings (SSSR count). The lowest BCUT2D eigenvalue weighted by molar-refractivity contribution is -0.136. The summed E-state index contributed by atoms with van der Waals surface area (Å²) in [5.74, 6) is 0.191. The van der Waals surface area contributed by atoms with Crippen LogP contribution in [-0.4, -0.2) is 32.6 Å². The van der Waals surface area contributed by atoms with E-state index in [1.165, 1.54) is 19.3 Å². The minimum Gasteiger partial charge on any atom is -0.497 e. The molecule has 0 amide bonds. The van der Waals surface area contributed by atoms with Crippen molar-refractivity contribution in [3.05, 3.63) is 64.7 Å². The van der Waals surface area contributed by atoms with E-state index in [0.717, 1.165) is 0 Å². The zero-order valence-corrected chi connectivity index (χ0v) is 14.6. The van der Waals surface area contributed by atoms with E-state index in [-0.39, 0.29) is 12.4 Å². The van der Waals surface area contributed by atoms with E-state index in [0.29, 0.717) is 27.6 Å². The molecule has 130 valence electrons. The van der Waals surface area contributed by atoms with Crippen LogP contribution in [0.5, 0.6) is 11.5 Å². The van der Waals surface area contributed by atoms with Crippen molar-refractivity contribution in [3.63, 3.8) is 0 Å². The van der Waals surface area contributed by atoms with E-state index >= 15 is 0 Å². The minimum absolute atomic E-state index is 0.315. The van der Waals surface area contributed by atoms with Crippen molar-refractivity contribution in [1.29, 1.82) is 0 Å². The predicted octanol–water partition coefficient (Wildman–Crippen LogP) is 3.80. The third-order valence-corrected chi connectivity index (χ3v) is 3.69. The lowest BCUT2D eigenvalue weighted by atomic mass is 10.1. The molecule has 0 heterocycles. The summed E-state index contributed by atoms with van der Waals surface area (Å²) >= 11 is 5.94. The van der Waals surface area contributed by atoms with Crippen molar-refractivity contribution in [2.45, 2.75) is 0 Å². The normalized spacial score (nSPS) is 10.5. The summed E-state index contributed by atoms with van der Waals surface area (Å²) in [4.78, 5) is 23.8. The summed E-state index contributed by atoms with van der Waals surface area (Å²) in [5, 5.41) is 0.320. The largest absolute Gasteiger partial charge is 0.497 e. The van der Waals surface area contributed by atoms with Crippen molar-refractivity contribution in [2.75, 3.05) is 20.8 Å². The first kappa shape index (κ1) is 18.5. The number of esters is 1. The predicted molar refractivity (Wildman–Crippen MR) is 95.3 cm³/mol. The molecule has 0 spiro atoms. The fraction of sp³-hybridized carbons (Fsp3) is 0.158. The van der Waals surface area contributed by atoms with Crippen LogP contribution in [0.25, 0.3) is 6.08 Å². The second kappa shape index (κ2) is 8.89. The Kier molecular flexibility index (Phi) is 6.60. The van der Waals surface area contributed by atoms with Crippen LogP contribution in [0.4, 0.5) is 0 Å². The molecule has 5 nitrogen and oxygen atoms in total. The van der Waals surface area contributed by atoms with Crippen molar-refractivity contribution >= 4 is 29.4 Å². The van der Waals surface area contributed by atoms with Crippen LogP contribution >= 0.6 is 11.6 Å². The summed E-state index contributed by atoms with van der Waals surface area (Å²) in [6, 6.07) is 11.8. The van der Waals surface area contributed by atoms with Crippen LogP contribution in [0, 0.1) is 0 Å². The van der Waals surface area contributed by atoms with Gasteiger partial charge in [0.1, 0.15) is 11.5 Å². The molecular formula is C19H17ClO5. The fourth-order valence-corrected chi connectivity index (χ4v) is 2.32. The van der Waals surface area contributed by atoms with Gasteiger partial charge in [-0.3, -0.25) is 4.79 Å². The number of ether oxygens (including phenoxy) is 3. The highest BCUT2D eigenvalue weighted by molar-refractivity contribution is 6.34.